The third-order valence-corrected chi connectivity index (χ3v) is 7.21. The number of halogens is 1. The number of hydrogen-bond donors (Lipinski definition) is 2. The molecule has 0 spiro atoms. The molecule has 0 radical (unpaired) electrons. The number of fused-ring (bicyclic) bond motifs is 1. The van der Waals surface area contributed by atoms with Crippen LogP contribution in [0.4, 0.5) is 9.52 Å². The summed E-state index contributed by atoms with van der Waals surface area (Å²) in [7, 11) is 3.28. The lowest BCUT2D eigenvalue weighted by Crippen LogP contribution is -2.22. The first-order chi connectivity index (χ1) is 17.4. The largest absolute Gasteiger partial charge is 0.496 e. The van der Waals surface area contributed by atoms with Gasteiger partial charge in [-0.2, -0.15) is 0 Å². The summed E-state index contributed by atoms with van der Waals surface area (Å²) in [4.78, 5) is 17.8. The Labute approximate surface area is 210 Å². The quantitative estimate of drug-likeness (QED) is 0.378. The topological polar surface area (TPSA) is 111 Å². The molecule has 2 heterocycles. The molecule has 0 unspecified atom stereocenters. The van der Waals surface area contributed by atoms with E-state index < -0.39 is 11.7 Å². The molecule has 0 atom stereocenters. The minimum atomic E-state index is -0.513. The summed E-state index contributed by atoms with van der Waals surface area (Å²) in [5, 5.41) is 21.1. The molecule has 2 aromatic carbocycles. The molecule has 1 fully saturated rings. The Morgan fingerprint density at radius 2 is 2.06 bits per heavy atom. The number of methoxy groups -OCH3 is 1. The van der Waals surface area contributed by atoms with Crippen molar-refractivity contribution in [2.45, 2.75) is 31.8 Å². The molecule has 1 amide bonds. The first-order valence-electron chi connectivity index (χ1n) is 11.7. The SMILES string of the molecule is COc1cccc(F)c1-c1cc2ncn(C)c2cc1C(=O)Nc1nnc(OCC2CCC(O)CC2)s1. The number of anilines is 1. The van der Waals surface area contributed by atoms with Crippen LogP contribution in [0.15, 0.2) is 36.7 Å². The number of rotatable bonds is 7. The number of nitrogens with zero attached hydrogens (tertiary/aromatic N) is 4. The zero-order valence-electron chi connectivity index (χ0n) is 19.9. The number of nitrogens with one attached hydrogen (secondary N) is 1. The van der Waals surface area contributed by atoms with Crippen molar-refractivity contribution < 1.29 is 23.8 Å². The Balaban J connectivity index is 1.40. The van der Waals surface area contributed by atoms with E-state index >= 15 is 0 Å². The van der Waals surface area contributed by atoms with Crippen LogP contribution in [-0.4, -0.2) is 50.6 Å². The fourth-order valence-electron chi connectivity index (χ4n) is 4.49. The van der Waals surface area contributed by atoms with Crippen LogP contribution in [0.25, 0.3) is 22.2 Å². The minimum absolute atomic E-state index is 0.177. The van der Waals surface area contributed by atoms with Crippen molar-refractivity contribution in [2.24, 2.45) is 13.0 Å². The molecule has 2 N–H and O–H groups in total. The van der Waals surface area contributed by atoms with Crippen LogP contribution in [0, 0.1) is 11.7 Å². The van der Waals surface area contributed by atoms with Gasteiger partial charge in [-0.25, -0.2) is 9.37 Å². The number of amides is 1. The van der Waals surface area contributed by atoms with Crippen LogP contribution in [0.3, 0.4) is 0 Å². The zero-order chi connectivity index (χ0) is 25.2. The molecule has 5 rings (SSSR count). The fourth-order valence-corrected chi connectivity index (χ4v) is 5.09. The highest BCUT2D eigenvalue weighted by atomic mass is 32.1. The van der Waals surface area contributed by atoms with Gasteiger partial charge in [-0.3, -0.25) is 10.1 Å². The van der Waals surface area contributed by atoms with E-state index in [1.54, 1.807) is 35.2 Å². The van der Waals surface area contributed by atoms with E-state index in [9.17, 15) is 14.3 Å². The van der Waals surface area contributed by atoms with Crippen LogP contribution in [-0.2, 0) is 7.05 Å². The van der Waals surface area contributed by atoms with E-state index in [-0.39, 0.29) is 22.4 Å². The summed E-state index contributed by atoms with van der Waals surface area (Å²) in [5.41, 5.74) is 2.12. The molecule has 1 saturated carbocycles. The van der Waals surface area contributed by atoms with Crippen molar-refractivity contribution in [3.8, 4) is 22.1 Å². The summed E-state index contributed by atoms with van der Waals surface area (Å²) in [5.74, 6) is -0.316. The van der Waals surface area contributed by atoms with Gasteiger partial charge in [0.15, 0.2) is 0 Å². The molecular formula is C25H26FN5O4S. The second kappa shape index (κ2) is 10.2. The lowest BCUT2D eigenvalue weighted by Gasteiger charge is -2.24. The van der Waals surface area contributed by atoms with Crippen molar-refractivity contribution in [3.05, 3.63) is 48.0 Å². The highest BCUT2D eigenvalue weighted by Crippen LogP contribution is 2.37. The van der Waals surface area contributed by atoms with Gasteiger partial charge in [0.1, 0.15) is 11.6 Å². The van der Waals surface area contributed by atoms with Crippen molar-refractivity contribution >= 4 is 33.4 Å². The highest BCUT2D eigenvalue weighted by molar-refractivity contribution is 7.17. The Morgan fingerprint density at radius 1 is 1.25 bits per heavy atom. The molecule has 4 aromatic rings. The first-order valence-corrected chi connectivity index (χ1v) is 12.5. The van der Waals surface area contributed by atoms with Gasteiger partial charge in [-0.15, -0.1) is 5.10 Å². The number of ether oxygens (including phenoxy) is 2. The number of benzene rings is 2. The van der Waals surface area contributed by atoms with Crippen LogP contribution in [0.2, 0.25) is 0 Å². The second-order valence-electron chi connectivity index (χ2n) is 8.87. The Bertz CT molecular complexity index is 1400. The predicted molar refractivity (Wildman–Crippen MR) is 134 cm³/mol. The van der Waals surface area contributed by atoms with Gasteiger partial charge in [-0.1, -0.05) is 11.2 Å². The average Bonchev–Trinajstić information content (AvgIpc) is 3.48. The van der Waals surface area contributed by atoms with E-state index in [1.165, 1.54) is 13.2 Å². The monoisotopic (exact) mass is 511 g/mol. The summed E-state index contributed by atoms with van der Waals surface area (Å²) < 4.78 is 27.9. The second-order valence-corrected chi connectivity index (χ2v) is 9.81. The van der Waals surface area contributed by atoms with Crippen molar-refractivity contribution in [3.63, 3.8) is 0 Å². The summed E-state index contributed by atoms with van der Waals surface area (Å²) in [6.45, 7) is 0.490. The number of hydrogen-bond acceptors (Lipinski definition) is 8. The van der Waals surface area contributed by atoms with Crippen LogP contribution < -0.4 is 14.8 Å². The van der Waals surface area contributed by atoms with E-state index in [4.69, 9.17) is 9.47 Å². The highest BCUT2D eigenvalue weighted by Gasteiger charge is 2.23. The molecule has 36 heavy (non-hydrogen) atoms. The Kier molecular flexibility index (Phi) is 6.84. The number of carbonyl (C=O) groups is 1. The van der Waals surface area contributed by atoms with Crippen LogP contribution >= 0.6 is 11.3 Å². The molecule has 1 aliphatic carbocycles. The number of aliphatic hydroxyl groups is 1. The number of aryl methyl sites for hydroxylation is 1. The molecular weight excluding hydrogens is 485 g/mol. The third kappa shape index (κ3) is 4.89. The number of aliphatic hydroxyl groups excluding tert-OH is 1. The first kappa shape index (κ1) is 24.1. The summed E-state index contributed by atoms with van der Waals surface area (Å²) in [6, 6.07) is 7.87. The van der Waals surface area contributed by atoms with Crippen LogP contribution in [0.1, 0.15) is 36.0 Å². The standard InChI is InChI=1S/C25H26FN5O4S/c1-31-13-27-19-10-16(22-18(26)4-3-5-21(22)34-2)17(11-20(19)31)23(33)28-24-29-30-25(36-24)35-12-14-6-8-15(32)9-7-14/h3-5,10-11,13-15,32H,6-9,12H2,1-2H3,(H,28,29,33). The molecule has 1 aliphatic rings. The lowest BCUT2D eigenvalue weighted by molar-refractivity contribution is 0.0915. The molecule has 188 valence electrons. The van der Waals surface area contributed by atoms with Gasteiger partial charge >= 0.3 is 0 Å². The third-order valence-electron chi connectivity index (χ3n) is 6.46. The normalized spacial score (nSPS) is 17.8. The van der Waals surface area contributed by atoms with Gasteiger partial charge in [0.05, 0.1) is 48.3 Å². The van der Waals surface area contributed by atoms with Gasteiger partial charge in [0, 0.05) is 12.6 Å². The minimum Gasteiger partial charge on any atom is -0.496 e. The maximum atomic E-state index is 15.0. The van der Waals surface area contributed by atoms with Crippen molar-refractivity contribution in [1.82, 2.24) is 19.7 Å². The summed E-state index contributed by atoms with van der Waals surface area (Å²) in [6.07, 6.45) is 4.79. The zero-order valence-corrected chi connectivity index (χ0v) is 20.7. The van der Waals surface area contributed by atoms with E-state index in [0.29, 0.717) is 34.5 Å². The number of aromatic nitrogens is 4. The van der Waals surface area contributed by atoms with Crippen molar-refractivity contribution in [2.75, 3.05) is 19.0 Å². The van der Waals surface area contributed by atoms with E-state index in [1.807, 2.05) is 7.05 Å². The van der Waals surface area contributed by atoms with Crippen LogP contribution in [0.5, 0.6) is 10.9 Å². The van der Waals surface area contributed by atoms with E-state index in [2.05, 4.69) is 20.5 Å². The maximum Gasteiger partial charge on any atom is 0.295 e. The molecule has 0 bridgehead atoms. The smallest absolute Gasteiger partial charge is 0.295 e. The molecule has 9 nitrogen and oxygen atoms in total. The summed E-state index contributed by atoms with van der Waals surface area (Å²) >= 11 is 1.12. The number of carbonyl (C=O) groups excluding carboxylic acids is 1. The molecule has 2 aromatic heterocycles. The molecule has 0 saturated heterocycles. The van der Waals surface area contributed by atoms with Gasteiger partial charge in [-0.05, 0) is 67.2 Å². The average molecular weight is 512 g/mol. The van der Waals surface area contributed by atoms with Gasteiger partial charge in [0.25, 0.3) is 11.1 Å². The fraction of sp³-hybridized carbons (Fsp3) is 0.360. The molecule has 11 heteroatoms. The Hall–Kier alpha value is -3.57. The maximum absolute atomic E-state index is 15.0. The van der Waals surface area contributed by atoms with Gasteiger partial charge < -0.3 is 19.1 Å². The lowest BCUT2D eigenvalue weighted by atomic mass is 9.88. The Morgan fingerprint density at radius 3 is 2.83 bits per heavy atom. The predicted octanol–water partition coefficient (Wildman–Crippen LogP) is 4.42. The van der Waals surface area contributed by atoms with Gasteiger partial charge in [0.2, 0.25) is 5.13 Å². The number of imidazole rings is 1. The van der Waals surface area contributed by atoms with E-state index in [0.717, 1.165) is 42.5 Å². The molecule has 0 aliphatic heterocycles. The van der Waals surface area contributed by atoms with Crippen molar-refractivity contribution in [1.29, 1.82) is 0 Å².